The zero-order chi connectivity index (χ0) is 16.3. The van der Waals surface area contributed by atoms with Gasteiger partial charge in [0.1, 0.15) is 6.61 Å². The van der Waals surface area contributed by atoms with E-state index in [4.69, 9.17) is 0 Å². The molecular formula is C15H29NO4. The SMILES string of the molecule is C=CC(O)C(C)C(=O)N1CCOC1=O.CC.CC(C)C. The second-order valence-corrected chi connectivity index (χ2v) is 4.85. The number of carbonyl (C=O) groups excluding carboxylic acids is 2. The van der Waals surface area contributed by atoms with E-state index in [1.165, 1.54) is 6.08 Å². The lowest BCUT2D eigenvalue weighted by atomic mass is 10.0. The monoisotopic (exact) mass is 287 g/mol. The third kappa shape index (κ3) is 7.94. The molecule has 0 aromatic heterocycles. The van der Waals surface area contributed by atoms with Crippen LogP contribution < -0.4 is 0 Å². The minimum Gasteiger partial charge on any atom is -0.447 e. The zero-order valence-electron chi connectivity index (χ0n) is 13.5. The van der Waals surface area contributed by atoms with Crippen molar-refractivity contribution in [1.82, 2.24) is 4.90 Å². The molecule has 0 aromatic carbocycles. The maximum absolute atomic E-state index is 11.6. The summed E-state index contributed by atoms with van der Waals surface area (Å²) in [6.45, 7) is 15.9. The highest BCUT2D eigenvalue weighted by atomic mass is 16.6. The standard InChI is InChI=1S/C9H13NO4.C4H10.C2H6/c1-3-7(11)6(2)8(12)10-4-5-14-9(10)13;1-4(2)3;1-2/h3,6-7,11H,1,4-5H2,2H3;4H,1-3H3;1-2H3. The van der Waals surface area contributed by atoms with Crippen molar-refractivity contribution in [2.45, 2.75) is 47.6 Å². The maximum Gasteiger partial charge on any atom is 0.416 e. The summed E-state index contributed by atoms with van der Waals surface area (Å²) >= 11 is 0. The molecule has 1 heterocycles. The second kappa shape index (κ2) is 11.5. The number of amides is 2. The summed E-state index contributed by atoms with van der Waals surface area (Å²) in [6, 6.07) is 0. The Morgan fingerprint density at radius 3 is 2.10 bits per heavy atom. The lowest BCUT2D eigenvalue weighted by Crippen LogP contribution is -2.39. The van der Waals surface area contributed by atoms with E-state index in [1.54, 1.807) is 6.92 Å². The first-order valence-corrected chi connectivity index (χ1v) is 7.10. The molecule has 1 fully saturated rings. The number of cyclic esters (lactones) is 1. The van der Waals surface area contributed by atoms with Crippen LogP contribution in [0.5, 0.6) is 0 Å². The Balaban J connectivity index is 0. The normalized spacial score (nSPS) is 16.2. The van der Waals surface area contributed by atoms with E-state index in [-0.39, 0.29) is 13.2 Å². The Hall–Kier alpha value is -1.36. The third-order valence-corrected chi connectivity index (χ3v) is 2.17. The van der Waals surface area contributed by atoms with E-state index in [9.17, 15) is 14.7 Å². The van der Waals surface area contributed by atoms with Gasteiger partial charge >= 0.3 is 6.09 Å². The van der Waals surface area contributed by atoms with Gasteiger partial charge in [0.05, 0.1) is 18.6 Å². The molecule has 5 nitrogen and oxygen atoms in total. The molecule has 2 amide bonds. The van der Waals surface area contributed by atoms with Gasteiger partial charge in [-0.1, -0.05) is 47.6 Å². The minimum atomic E-state index is -0.934. The van der Waals surface area contributed by atoms with E-state index in [1.807, 2.05) is 13.8 Å². The molecule has 0 spiro atoms. The van der Waals surface area contributed by atoms with Crippen molar-refractivity contribution in [2.75, 3.05) is 13.2 Å². The number of hydrogen-bond donors (Lipinski definition) is 1. The van der Waals surface area contributed by atoms with Crippen molar-refractivity contribution in [3.63, 3.8) is 0 Å². The Kier molecular flexibility index (Phi) is 12.0. The first-order valence-electron chi connectivity index (χ1n) is 7.10. The number of imide groups is 1. The van der Waals surface area contributed by atoms with Gasteiger partial charge in [-0.25, -0.2) is 9.69 Å². The highest BCUT2D eigenvalue weighted by Gasteiger charge is 2.33. The van der Waals surface area contributed by atoms with Crippen LogP contribution in [0.2, 0.25) is 0 Å². The van der Waals surface area contributed by atoms with E-state index in [0.717, 1.165) is 10.8 Å². The van der Waals surface area contributed by atoms with Crippen molar-refractivity contribution in [1.29, 1.82) is 0 Å². The molecular weight excluding hydrogens is 258 g/mol. The minimum absolute atomic E-state index is 0.224. The quantitative estimate of drug-likeness (QED) is 0.811. The van der Waals surface area contributed by atoms with Gasteiger partial charge in [0, 0.05) is 0 Å². The van der Waals surface area contributed by atoms with Crippen molar-refractivity contribution in [3.8, 4) is 0 Å². The highest BCUT2D eigenvalue weighted by Crippen LogP contribution is 2.12. The predicted octanol–water partition coefficient (Wildman–Crippen LogP) is 2.84. The van der Waals surface area contributed by atoms with Crippen molar-refractivity contribution >= 4 is 12.0 Å². The molecule has 0 saturated carbocycles. The van der Waals surface area contributed by atoms with E-state index in [2.05, 4.69) is 32.1 Å². The average Bonchev–Trinajstić information content (AvgIpc) is 2.84. The molecule has 0 aliphatic carbocycles. The molecule has 0 radical (unpaired) electrons. The largest absolute Gasteiger partial charge is 0.447 e. The van der Waals surface area contributed by atoms with Gasteiger partial charge in [0.15, 0.2) is 0 Å². The number of ether oxygens (including phenoxy) is 1. The van der Waals surface area contributed by atoms with Crippen LogP contribution in [0.25, 0.3) is 0 Å². The maximum atomic E-state index is 11.6. The summed E-state index contributed by atoms with van der Waals surface area (Å²) < 4.78 is 4.61. The van der Waals surface area contributed by atoms with Crippen LogP contribution in [0, 0.1) is 11.8 Å². The van der Waals surface area contributed by atoms with Crippen LogP contribution in [0.3, 0.4) is 0 Å². The fraction of sp³-hybridized carbons (Fsp3) is 0.733. The van der Waals surface area contributed by atoms with Crippen molar-refractivity contribution in [2.24, 2.45) is 11.8 Å². The summed E-state index contributed by atoms with van der Waals surface area (Å²) in [5.41, 5.74) is 0. The highest BCUT2D eigenvalue weighted by molar-refractivity contribution is 5.94. The zero-order valence-corrected chi connectivity index (χ0v) is 13.5. The van der Waals surface area contributed by atoms with Gasteiger partial charge in [0.2, 0.25) is 5.91 Å². The lowest BCUT2D eigenvalue weighted by molar-refractivity contribution is -0.133. The average molecular weight is 287 g/mol. The summed E-state index contributed by atoms with van der Waals surface area (Å²) in [5, 5.41) is 9.33. The molecule has 1 aliphatic rings. The second-order valence-electron chi connectivity index (χ2n) is 4.85. The molecule has 118 valence electrons. The summed E-state index contributed by atoms with van der Waals surface area (Å²) in [7, 11) is 0. The molecule has 1 rings (SSSR count). The van der Waals surface area contributed by atoms with Crippen molar-refractivity contribution in [3.05, 3.63) is 12.7 Å². The number of nitrogens with zero attached hydrogens (tertiary/aromatic N) is 1. The van der Waals surface area contributed by atoms with Crippen LogP contribution in [-0.2, 0) is 9.53 Å². The molecule has 1 N–H and O–H groups in total. The molecule has 20 heavy (non-hydrogen) atoms. The van der Waals surface area contributed by atoms with Gasteiger partial charge in [-0.2, -0.15) is 0 Å². The van der Waals surface area contributed by atoms with Crippen LogP contribution in [0.15, 0.2) is 12.7 Å². The number of hydrogen-bond acceptors (Lipinski definition) is 4. The lowest BCUT2D eigenvalue weighted by Gasteiger charge is -2.18. The number of rotatable bonds is 3. The topological polar surface area (TPSA) is 66.8 Å². The molecule has 2 atom stereocenters. The number of aliphatic hydroxyl groups is 1. The number of aliphatic hydroxyl groups excluding tert-OH is 1. The molecule has 2 unspecified atom stereocenters. The molecule has 1 aliphatic heterocycles. The molecule has 5 heteroatoms. The van der Waals surface area contributed by atoms with Crippen LogP contribution in [0.4, 0.5) is 4.79 Å². The molecule has 1 saturated heterocycles. The van der Waals surface area contributed by atoms with E-state index >= 15 is 0 Å². The molecule has 0 bridgehead atoms. The summed E-state index contributed by atoms with van der Waals surface area (Å²) in [5.74, 6) is -0.266. The first kappa shape index (κ1) is 20.9. The Morgan fingerprint density at radius 2 is 1.80 bits per heavy atom. The van der Waals surface area contributed by atoms with Gasteiger partial charge in [-0.15, -0.1) is 6.58 Å². The van der Waals surface area contributed by atoms with Crippen LogP contribution in [0.1, 0.15) is 41.5 Å². The summed E-state index contributed by atoms with van der Waals surface area (Å²) in [4.78, 5) is 23.6. The van der Waals surface area contributed by atoms with Crippen LogP contribution >= 0.6 is 0 Å². The van der Waals surface area contributed by atoms with Crippen molar-refractivity contribution < 1.29 is 19.4 Å². The van der Waals surface area contributed by atoms with Gasteiger partial charge in [-0.05, 0) is 5.92 Å². The Bertz CT molecular complexity index is 299. The number of carbonyl (C=O) groups is 2. The predicted molar refractivity (Wildman–Crippen MR) is 80.3 cm³/mol. The summed E-state index contributed by atoms with van der Waals surface area (Å²) in [6.07, 6.45) is -0.307. The van der Waals surface area contributed by atoms with Gasteiger partial charge < -0.3 is 9.84 Å². The Morgan fingerprint density at radius 1 is 1.35 bits per heavy atom. The smallest absolute Gasteiger partial charge is 0.416 e. The third-order valence-electron chi connectivity index (χ3n) is 2.17. The van der Waals surface area contributed by atoms with Gasteiger partial charge in [-0.3, -0.25) is 4.79 Å². The van der Waals surface area contributed by atoms with E-state index < -0.39 is 24.0 Å². The Labute approximate surface area is 122 Å². The van der Waals surface area contributed by atoms with Crippen LogP contribution in [-0.4, -0.2) is 41.3 Å². The first-order chi connectivity index (χ1) is 9.31. The van der Waals surface area contributed by atoms with E-state index in [0.29, 0.717) is 0 Å². The molecule has 0 aromatic rings. The van der Waals surface area contributed by atoms with Gasteiger partial charge in [0.25, 0.3) is 0 Å². The fourth-order valence-corrected chi connectivity index (χ4v) is 1.19. The fourth-order valence-electron chi connectivity index (χ4n) is 1.19.